The van der Waals surface area contributed by atoms with Crippen LogP contribution in [-0.4, -0.2) is 29.2 Å². The summed E-state index contributed by atoms with van der Waals surface area (Å²) < 4.78 is 4.81. The Morgan fingerprint density at radius 1 is 1.50 bits per heavy atom. The normalized spacial score (nSPS) is 10.6. The predicted octanol–water partition coefficient (Wildman–Crippen LogP) is 0.0631. The highest BCUT2D eigenvalue weighted by Crippen LogP contribution is 2.08. The van der Waals surface area contributed by atoms with Gasteiger partial charge in [0.2, 0.25) is 5.78 Å². The van der Waals surface area contributed by atoms with Gasteiger partial charge in [-0.05, 0) is 12.1 Å². The second-order valence-corrected chi connectivity index (χ2v) is 2.40. The molecule has 1 rings (SSSR count). The molecule has 4 heteroatoms. The summed E-state index contributed by atoms with van der Waals surface area (Å²) in [5.74, 6) is -0.968. The molecule has 0 atom stereocenters. The molecule has 0 amide bonds. The van der Waals surface area contributed by atoms with Gasteiger partial charge >= 0.3 is 0 Å². The van der Waals surface area contributed by atoms with Crippen LogP contribution in [0.25, 0.3) is 0 Å². The van der Waals surface area contributed by atoms with Crippen LogP contribution in [0.1, 0.15) is 10.6 Å². The lowest BCUT2D eigenvalue weighted by atomic mass is 10.1. The van der Waals surface area contributed by atoms with Crippen LogP contribution in [0.4, 0.5) is 0 Å². The molecule has 0 spiro atoms. The number of aliphatic hydroxyl groups excluding tert-OH is 2. The van der Waals surface area contributed by atoms with Crippen LogP contribution in [-0.2, 0) is 0 Å². The van der Waals surface area contributed by atoms with E-state index < -0.39 is 5.92 Å². The van der Waals surface area contributed by atoms with Gasteiger partial charge in [0.1, 0.15) is 0 Å². The number of furan rings is 1. The van der Waals surface area contributed by atoms with Crippen LogP contribution >= 0.6 is 0 Å². The fraction of sp³-hybridized carbons (Fsp3) is 0.375. The summed E-state index contributed by atoms with van der Waals surface area (Å²) in [6.07, 6.45) is 1.37. The van der Waals surface area contributed by atoms with Gasteiger partial charge in [-0.15, -0.1) is 0 Å². The lowest BCUT2D eigenvalue weighted by molar-refractivity contribution is 0.0741. The smallest absolute Gasteiger partial charge is 0.205 e. The largest absolute Gasteiger partial charge is 0.461 e. The Balaban J connectivity index is 2.70. The van der Waals surface area contributed by atoms with Crippen molar-refractivity contribution in [3.8, 4) is 0 Å². The molecule has 0 aliphatic rings. The minimum atomic E-state index is -0.767. The number of aliphatic hydroxyl groups is 2. The fourth-order valence-corrected chi connectivity index (χ4v) is 0.844. The highest BCUT2D eigenvalue weighted by atomic mass is 16.3. The highest BCUT2D eigenvalue weighted by Gasteiger charge is 2.20. The summed E-state index contributed by atoms with van der Waals surface area (Å²) in [6, 6.07) is 3.08. The summed E-state index contributed by atoms with van der Waals surface area (Å²) in [5, 5.41) is 17.3. The van der Waals surface area contributed by atoms with E-state index in [2.05, 4.69) is 0 Å². The van der Waals surface area contributed by atoms with E-state index >= 15 is 0 Å². The van der Waals surface area contributed by atoms with Crippen LogP contribution in [0.15, 0.2) is 22.8 Å². The van der Waals surface area contributed by atoms with Gasteiger partial charge in [0, 0.05) is 0 Å². The van der Waals surface area contributed by atoms with Crippen LogP contribution in [0.2, 0.25) is 0 Å². The van der Waals surface area contributed by atoms with Gasteiger partial charge in [0.05, 0.1) is 25.4 Å². The van der Waals surface area contributed by atoms with E-state index in [1.165, 1.54) is 12.3 Å². The molecule has 66 valence electrons. The lowest BCUT2D eigenvalue weighted by Gasteiger charge is -2.05. The van der Waals surface area contributed by atoms with Gasteiger partial charge in [0.15, 0.2) is 5.76 Å². The average molecular weight is 170 g/mol. The number of carbonyl (C=O) groups is 1. The summed E-state index contributed by atoms with van der Waals surface area (Å²) in [7, 11) is 0. The zero-order valence-electron chi connectivity index (χ0n) is 6.43. The van der Waals surface area contributed by atoms with Gasteiger partial charge in [0.25, 0.3) is 0 Å². The molecule has 2 N–H and O–H groups in total. The summed E-state index contributed by atoms with van der Waals surface area (Å²) >= 11 is 0. The number of hydrogen-bond donors (Lipinski definition) is 2. The van der Waals surface area contributed by atoms with Crippen LogP contribution in [0.3, 0.4) is 0 Å². The molecule has 12 heavy (non-hydrogen) atoms. The van der Waals surface area contributed by atoms with Crippen molar-refractivity contribution in [3.05, 3.63) is 24.2 Å². The molecule has 0 fully saturated rings. The quantitative estimate of drug-likeness (QED) is 0.627. The summed E-state index contributed by atoms with van der Waals surface area (Å²) in [4.78, 5) is 11.3. The number of Topliss-reactive ketones (excluding diaryl/α,β-unsaturated/α-hetero) is 1. The van der Waals surface area contributed by atoms with E-state index in [-0.39, 0.29) is 24.8 Å². The molecule has 1 aromatic heterocycles. The predicted molar refractivity (Wildman–Crippen MR) is 40.7 cm³/mol. The lowest BCUT2D eigenvalue weighted by Crippen LogP contribution is -2.21. The first-order valence-electron chi connectivity index (χ1n) is 3.59. The Morgan fingerprint density at radius 3 is 2.58 bits per heavy atom. The van der Waals surface area contributed by atoms with E-state index in [1.807, 2.05) is 0 Å². The second-order valence-electron chi connectivity index (χ2n) is 2.40. The SMILES string of the molecule is O=C(c1ccco1)C(CO)CO. The van der Waals surface area contributed by atoms with Crippen LogP contribution < -0.4 is 0 Å². The van der Waals surface area contributed by atoms with Crippen molar-refractivity contribution in [1.29, 1.82) is 0 Å². The summed E-state index contributed by atoms with van der Waals surface area (Å²) in [5.41, 5.74) is 0. The Hall–Kier alpha value is -1.13. The number of hydrogen-bond acceptors (Lipinski definition) is 4. The van der Waals surface area contributed by atoms with Crippen molar-refractivity contribution >= 4 is 5.78 Å². The number of rotatable bonds is 4. The van der Waals surface area contributed by atoms with Gasteiger partial charge in [-0.25, -0.2) is 0 Å². The Bertz CT molecular complexity index is 236. The van der Waals surface area contributed by atoms with E-state index in [4.69, 9.17) is 14.6 Å². The monoisotopic (exact) mass is 170 g/mol. The second kappa shape index (κ2) is 4.04. The van der Waals surface area contributed by atoms with E-state index in [0.717, 1.165) is 0 Å². The van der Waals surface area contributed by atoms with Gasteiger partial charge in [-0.3, -0.25) is 4.79 Å². The first-order chi connectivity index (χ1) is 5.79. The maximum atomic E-state index is 11.3. The number of carbonyl (C=O) groups excluding carboxylic acids is 1. The Kier molecular flexibility index (Phi) is 3.01. The van der Waals surface area contributed by atoms with Gasteiger partial charge in [-0.2, -0.15) is 0 Å². The van der Waals surface area contributed by atoms with E-state index in [0.29, 0.717) is 0 Å². The summed E-state index contributed by atoms with van der Waals surface area (Å²) in [6.45, 7) is -0.730. The highest BCUT2D eigenvalue weighted by molar-refractivity contribution is 5.95. The Morgan fingerprint density at radius 2 is 2.17 bits per heavy atom. The third-order valence-electron chi connectivity index (χ3n) is 1.58. The van der Waals surface area contributed by atoms with Gasteiger partial charge < -0.3 is 14.6 Å². The first kappa shape index (κ1) is 8.96. The molecule has 0 aromatic carbocycles. The van der Waals surface area contributed by atoms with E-state index in [1.54, 1.807) is 6.07 Å². The third-order valence-corrected chi connectivity index (χ3v) is 1.58. The molecule has 0 aliphatic heterocycles. The molecule has 1 heterocycles. The van der Waals surface area contributed by atoms with Gasteiger partial charge in [-0.1, -0.05) is 0 Å². The van der Waals surface area contributed by atoms with Crippen molar-refractivity contribution in [2.45, 2.75) is 0 Å². The number of ketones is 1. The molecule has 0 aliphatic carbocycles. The van der Waals surface area contributed by atoms with Crippen molar-refractivity contribution in [1.82, 2.24) is 0 Å². The first-order valence-corrected chi connectivity index (χ1v) is 3.59. The fourth-order valence-electron chi connectivity index (χ4n) is 0.844. The standard InChI is InChI=1S/C8H10O4/c9-4-6(5-10)8(11)7-2-1-3-12-7/h1-3,6,9-10H,4-5H2. The Labute approximate surface area is 69.4 Å². The van der Waals surface area contributed by atoms with Crippen molar-refractivity contribution in [3.63, 3.8) is 0 Å². The molecule has 0 unspecified atom stereocenters. The zero-order valence-corrected chi connectivity index (χ0v) is 6.43. The average Bonchev–Trinajstić information content (AvgIpc) is 2.58. The maximum absolute atomic E-state index is 11.3. The minimum Gasteiger partial charge on any atom is -0.461 e. The molecular weight excluding hydrogens is 160 g/mol. The van der Waals surface area contributed by atoms with Crippen molar-refractivity contribution in [2.75, 3.05) is 13.2 Å². The molecular formula is C8H10O4. The molecule has 0 saturated heterocycles. The third kappa shape index (κ3) is 1.72. The molecule has 1 aromatic rings. The minimum absolute atomic E-state index is 0.170. The van der Waals surface area contributed by atoms with Crippen LogP contribution in [0.5, 0.6) is 0 Å². The van der Waals surface area contributed by atoms with E-state index in [9.17, 15) is 4.79 Å². The topological polar surface area (TPSA) is 70.7 Å². The molecule has 4 nitrogen and oxygen atoms in total. The molecule has 0 bridgehead atoms. The molecule has 0 radical (unpaired) electrons. The van der Waals surface area contributed by atoms with Crippen molar-refractivity contribution in [2.24, 2.45) is 5.92 Å². The maximum Gasteiger partial charge on any atom is 0.205 e. The molecule has 0 saturated carbocycles. The zero-order chi connectivity index (χ0) is 8.97. The van der Waals surface area contributed by atoms with Crippen LogP contribution in [0, 0.1) is 5.92 Å². The van der Waals surface area contributed by atoms with Crippen molar-refractivity contribution < 1.29 is 19.4 Å².